The molecule has 0 unspecified atom stereocenters. The number of phenols is 1. The van der Waals surface area contributed by atoms with Crippen molar-refractivity contribution in [1.82, 2.24) is 0 Å². The van der Waals surface area contributed by atoms with Crippen LogP contribution in [0.1, 0.15) is 50.7 Å². The molecule has 0 aliphatic carbocycles. The van der Waals surface area contributed by atoms with Gasteiger partial charge in [-0.15, -0.1) is 11.8 Å². The highest BCUT2D eigenvalue weighted by molar-refractivity contribution is 8.01. The van der Waals surface area contributed by atoms with E-state index >= 15 is 0 Å². The molecule has 0 fully saturated rings. The lowest BCUT2D eigenvalue weighted by Gasteiger charge is -2.24. The number of phenolic OH excluding ortho intramolecular Hbond substituents is 1. The van der Waals surface area contributed by atoms with E-state index in [1.807, 2.05) is 17.8 Å². The molecule has 2 rings (SSSR count). The smallest absolute Gasteiger partial charge is 0.119 e. The fraction of sp³-hybridized carbons (Fsp3) is 0.429. The Hall–Kier alpha value is -1.19. The Labute approximate surface area is 152 Å². The van der Waals surface area contributed by atoms with Gasteiger partial charge in [0.1, 0.15) is 5.75 Å². The Kier molecular flexibility index (Phi) is 6.21. The monoisotopic (exact) mass is 358 g/mol. The zero-order chi connectivity index (χ0) is 17.9. The van der Waals surface area contributed by atoms with Crippen molar-refractivity contribution in [3.63, 3.8) is 0 Å². The SMILES string of the molecule is CC(C)c1cc(SC[Si](C)(C)c2ccccc2)c(C(C)C)cc1O. The number of thioether (sulfide) groups is 1. The van der Waals surface area contributed by atoms with Crippen molar-refractivity contribution in [2.75, 3.05) is 5.38 Å². The highest BCUT2D eigenvalue weighted by atomic mass is 32.2. The summed E-state index contributed by atoms with van der Waals surface area (Å²) < 4.78 is 0. The predicted octanol–water partition coefficient (Wildman–Crippen LogP) is 5.89. The summed E-state index contributed by atoms with van der Waals surface area (Å²) in [6.07, 6.45) is 0. The Morgan fingerprint density at radius 3 is 2.04 bits per heavy atom. The van der Waals surface area contributed by atoms with Crippen LogP contribution in [0.4, 0.5) is 0 Å². The van der Waals surface area contributed by atoms with Crippen molar-refractivity contribution in [2.45, 2.75) is 57.5 Å². The number of aromatic hydroxyl groups is 1. The van der Waals surface area contributed by atoms with E-state index in [4.69, 9.17) is 0 Å². The molecule has 130 valence electrons. The van der Waals surface area contributed by atoms with Crippen molar-refractivity contribution in [3.8, 4) is 5.75 Å². The molecule has 0 heterocycles. The van der Waals surface area contributed by atoms with Gasteiger partial charge in [-0.3, -0.25) is 0 Å². The van der Waals surface area contributed by atoms with Crippen LogP contribution in [0.3, 0.4) is 0 Å². The van der Waals surface area contributed by atoms with E-state index in [9.17, 15) is 5.11 Å². The summed E-state index contributed by atoms with van der Waals surface area (Å²) in [5.41, 5.74) is 2.32. The van der Waals surface area contributed by atoms with E-state index in [-0.39, 0.29) is 0 Å². The number of benzene rings is 2. The zero-order valence-electron chi connectivity index (χ0n) is 15.8. The fourth-order valence-electron chi connectivity index (χ4n) is 2.87. The van der Waals surface area contributed by atoms with E-state index in [0.29, 0.717) is 17.6 Å². The third-order valence-electron chi connectivity index (χ3n) is 4.55. The van der Waals surface area contributed by atoms with E-state index in [2.05, 4.69) is 77.2 Å². The molecule has 1 N–H and O–H groups in total. The lowest BCUT2D eigenvalue weighted by Crippen LogP contribution is -2.44. The normalized spacial score (nSPS) is 12.2. The maximum Gasteiger partial charge on any atom is 0.119 e. The van der Waals surface area contributed by atoms with Gasteiger partial charge in [-0.2, -0.15) is 0 Å². The van der Waals surface area contributed by atoms with Gasteiger partial charge in [0, 0.05) is 4.90 Å². The summed E-state index contributed by atoms with van der Waals surface area (Å²) in [5.74, 6) is 1.20. The van der Waals surface area contributed by atoms with Gasteiger partial charge in [-0.1, -0.05) is 76.3 Å². The minimum Gasteiger partial charge on any atom is -0.508 e. The van der Waals surface area contributed by atoms with Gasteiger partial charge in [0.25, 0.3) is 0 Å². The van der Waals surface area contributed by atoms with Crippen molar-refractivity contribution in [1.29, 1.82) is 0 Å². The molecule has 0 saturated heterocycles. The maximum atomic E-state index is 10.3. The van der Waals surface area contributed by atoms with Crippen molar-refractivity contribution in [3.05, 3.63) is 53.6 Å². The Morgan fingerprint density at radius 2 is 1.50 bits per heavy atom. The van der Waals surface area contributed by atoms with E-state index in [0.717, 1.165) is 10.9 Å². The van der Waals surface area contributed by atoms with Crippen LogP contribution in [0, 0.1) is 0 Å². The molecule has 1 nitrogen and oxygen atoms in total. The number of hydrogen-bond donors (Lipinski definition) is 1. The molecule has 0 radical (unpaired) electrons. The average molecular weight is 359 g/mol. The molecule has 0 amide bonds. The summed E-state index contributed by atoms with van der Waals surface area (Å²) in [6, 6.07) is 15.1. The second-order valence-electron chi connectivity index (χ2n) is 7.80. The largest absolute Gasteiger partial charge is 0.508 e. The molecule has 3 heteroatoms. The number of hydrogen-bond acceptors (Lipinski definition) is 2. The molecular weight excluding hydrogens is 328 g/mol. The zero-order valence-corrected chi connectivity index (χ0v) is 17.6. The average Bonchev–Trinajstić information content (AvgIpc) is 2.53. The van der Waals surface area contributed by atoms with Crippen molar-refractivity contribution < 1.29 is 5.11 Å². The first kappa shape index (κ1) is 19.1. The van der Waals surface area contributed by atoms with Crippen LogP contribution in [0.15, 0.2) is 47.4 Å². The quantitative estimate of drug-likeness (QED) is 0.513. The Morgan fingerprint density at radius 1 is 0.917 bits per heavy atom. The van der Waals surface area contributed by atoms with Gasteiger partial charge >= 0.3 is 0 Å². The standard InChI is InChI=1S/C21H30OSSi/c1-15(2)18-13-21(19(16(3)4)12-20(18)22)23-14-24(5,6)17-10-8-7-9-11-17/h7-13,15-16,22H,14H2,1-6H3. The number of rotatable bonds is 6. The minimum absolute atomic E-state index is 0.338. The molecule has 0 aliphatic rings. The lowest BCUT2D eigenvalue weighted by atomic mass is 9.96. The van der Waals surface area contributed by atoms with Crippen LogP contribution < -0.4 is 5.19 Å². The summed E-state index contributed by atoms with van der Waals surface area (Å²) >= 11 is 1.97. The van der Waals surface area contributed by atoms with Gasteiger partial charge in [0.15, 0.2) is 0 Å². The fourth-order valence-corrected chi connectivity index (χ4v) is 7.37. The Bertz CT molecular complexity index is 678. The van der Waals surface area contributed by atoms with Crippen LogP contribution in [0.25, 0.3) is 0 Å². The van der Waals surface area contributed by atoms with Gasteiger partial charge in [0.2, 0.25) is 0 Å². The predicted molar refractivity (Wildman–Crippen MR) is 111 cm³/mol. The molecule has 0 atom stereocenters. The first-order chi connectivity index (χ1) is 11.2. The van der Waals surface area contributed by atoms with Gasteiger partial charge in [-0.25, -0.2) is 0 Å². The second-order valence-corrected chi connectivity index (χ2v) is 14.0. The van der Waals surface area contributed by atoms with Gasteiger partial charge < -0.3 is 5.11 Å². The first-order valence-corrected chi connectivity index (χ1v) is 13.0. The summed E-state index contributed by atoms with van der Waals surface area (Å²) in [5, 5.41) is 13.0. The van der Waals surface area contributed by atoms with Crippen LogP contribution in [0.5, 0.6) is 5.75 Å². The molecule has 24 heavy (non-hydrogen) atoms. The van der Waals surface area contributed by atoms with Crippen LogP contribution in [-0.2, 0) is 0 Å². The summed E-state index contributed by atoms with van der Waals surface area (Å²) in [7, 11) is -1.48. The molecule has 2 aromatic carbocycles. The van der Waals surface area contributed by atoms with Crippen molar-refractivity contribution in [2.24, 2.45) is 0 Å². The minimum atomic E-state index is -1.48. The lowest BCUT2D eigenvalue weighted by molar-refractivity contribution is 0.462. The molecule has 0 aromatic heterocycles. The molecule has 0 saturated carbocycles. The van der Waals surface area contributed by atoms with E-state index in [1.165, 1.54) is 15.6 Å². The third-order valence-corrected chi connectivity index (χ3v) is 10.6. The second kappa shape index (κ2) is 7.79. The summed E-state index contributed by atoms with van der Waals surface area (Å²) in [4.78, 5) is 1.34. The topological polar surface area (TPSA) is 20.2 Å². The van der Waals surface area contributed by atoms with Gasteiger partial charge in [-0.05, 0) is 40.5 Å². The molecule has 0 aliphatic heterocycles. The van der Waals surface area contributed by atoms with E-state index < -0.39 is 8.07 Å². The molecule has 0 spiro atoms. The van der Waals surface area contributed by atoms with Crippen LogP contribution in [-0.4, -0.2) is 18.6 Å². The first-order valence-electron chi connectivity index (χ1n) is 8.77. The van der Waals surface area contributed by atoms with Crippen LogP contribution in [0.2, 0.25) is 13.1 Å². The molecule has 2 aromatic rings. The highest BCUT2D eigenvalue weighted by Gasteiger charge is 2.24. The summed E-state index contributed by atoms with van der Waals surface area (Å²) in [6.45, 7) is 13.6. The highest BCUT2D eigenvalue weighted by Crippen LogP contribution is 2.37. The van der Waals surface area contributed by atoms with Gasteiger partial charge in [0.05, 0.1) is 8.07 Å². The molecule has 0 bridgehead atoms. The third kappa shape index (κ3) is 4.45. The molecular formula is C21H30OSSi. The van der Waals surface area contributed by atoms with Crippen molar-refractivity contribution >= 4 is 25.0 Å². The van der Waals surface area contributed by atoms with E-state index in [1.54, 1.807) is 0 Å². The van der Waals surface area contributed by atoms with Crippen LogP contribution >= 0.6 is 11.8 Å². The maximum absolute atomic E-state index is 10.3. The Balaban J connectivity index is 2.29.